The third-order valence-corrected chi connectivity index (χ3v) is 2.85. The van der Waals surface area contributed by atoms with Crippen LogP contribution in [-0.4, -0.2) is 30.8 Å². The number of carboxylic acid groups (broad SMARTS) is 1. The minimum absolute atomic E-state index is 0.530. The van der Waals surface area contributed by atoms with Gasteiger partial charge in [-0.05, 0) is 32.9 Å². The molecule has 2 heterocycles. The number of hydrogen-bond donors (Lipinski definition) is 1. The van der Waals surface area contributed by atoms with Gasteiger partial charge in [0.1, 0.15) is 11.4 Å². The number of aliphatic carboxylic acids is 1. The van der Waals surface area contributed by atoms with E-state index in [1.54, 1.807) is 49.9 Å². The van der Waals surface area contributed by atoms with Crippen molar-refractivity contribution in [3.05, 3.63) is 30.4 Å². The van der Waals surface area contributed by atoms with Gasteiger partial charge < -0.3 is 5.11 Å². The maximum Gasteiger partial charge on any atom is 0.329 e. The van der Waals surface area contributed by atoms with Crippen molar-refractivity contribution in [2.75, 3.05) is 0 Å². The molecule has 2 aromatic rings. The molecule has 0 aliphatic heterocycles. The molecule has 6 heteroatoms. The number of hydrogen-bond acceptors (Lipinski definition) is 4. The molecule has 0 radical (unpaired) electrons. The topological polar surface area (TPSA) is 80.9 Å². The smallest absolute Gasteiger partial charge is 0.329 e. The zero-order chi connectivity index (χ0) is 13.3. The van der Waals surface area contributed by atoms with Crippen LogP contribution in [0.25, 0.3) is 11.4 Å². The first-order chi connectivity index (χ1) is 8.44. The molecular formula is C12H14N4O2. The van der Waals surface area contributed by atoms with Crippen molar-refractivity contribution in [1.82, 2.24) is 19.7 Å². The molecule has 0 aromatic carbocycles. The number of aryl methyl sites for hydroxylation is 1. The van der Waals surface area contributed by atoms with Crippen LogP contribution in [-0.2, 0) is 10.3 Å². The first kappa shape index (κ1) is 12.2. The first-order valence-corrected chi connectivity index (χ1v) is 5.51. The second-order valence-electron chi connectivity index (χ2n) is 4.51. The molecule has 0 bridgehead atoms. The summed E-state index contributed by atoms with van der Waals surface area (Å²) in [5, 5.41) is 17.3. The number of nitrogens with zero attached hydrogens (tertiary/aromatic N) is 4. The first-order valence-electron chi connectivity index (χ1n) is 5.51. The van der Waals surface area contributed by atoms with Crippen LogP contribution in [0.5, 0.6) is 0 Å². The maximum atomic E-state index is 11.4. The van der Waals surface area contributed by atoms with Crippen LogP contribution in [0.2, 0.25) is 0 Å². The highest BCUT2D eigenvalue weighted by Crippen LogP contribution is 2.25. The molecule has 6 nitrogen and oxygen atoms in total. The lowest BCUT2D eigenvalue weighted by atomic mass is 10.0. The van der Waals surface area contributed by atoms with Crippen LogP contribution >= 0.6 is 0 Å². The predicted molar refractivity (Wildman–Crippen MR) is 64.9 cm³/mol. The van der Waals surface area contributed by atoms with Gasteiger partial charge in [0.2, 0.25) is 0 Å². The summed E-state index contributed by atoms with van der Waals surface area (Å²) in [6, 6.07) is 3.55. The zero-order valence-corrected chi connectivity index (χ0v) is 10.5. The zero-order valence-electron chi connectivity index (χ0n) is 10.5. The standard InChI is InChI=1S/C12H14N4O2/c1-8-14-15-10(9-4-6-13-7-5-9)16(8)12(2,3)11(17)18/h4-7H,1-3H3,(H,17,18). The Balaban J connectivity index is 2.63. The molecule has 0 atom stereocenters. The Bertz CT molecular complexity index is 575. The highest BCUT2D eigenvalue weighted by molar-refractivity contribution is 5.77. The van der Waals surface area contributed by atoms with Gasteiger partial charge in [-0.15, -0.1) is 10.2 Å². The van der Waals surface area contributed by atoms with E-state index in [1.165, 1.54) is 0 Å². The van der Waals surface area contributed by atoms with Crippen LogP contribution < -0.4 is 0 Å². The van der Waals surface area contributed by atoms with E-state index in [-0.39, 0.29) is 0 Å². The van der Waals surface area contributed by atoms with Gasteiger partial charge in [0, 0.05) is 18.0 Å². The number of rotatable bonds is 3. The second-order valence-corrected chi connectivity index (χ2v) is 4.51. The van der Waals surface area contributed by atoms with Crippen LogP contribution in [0, 0.1) is 6.92 Å². The summed E-state index contributed by atoms with van der Waals surface area (Å²) in [6.07, 6.45) is 3.27. The average molecular weight is 246 g/mol. The van der Waals surface area contributed by atoms with Gasteiger partial charge in [-0.25, -0.2) is 4.79 Å². The molecule has 0 fully saturated rings. The summed E-state index contributed by atoms with van der Waals surface area (Å²) in [7, 11) is 0. The minimum Gasteiger partial charge on any atom is -0.480 e. The molecule has 18 heavy (non-hydrogen) atoms. The van der Waals surface area contributed by atoms with Gasteiger partial charge in [0.05, 0.1) is 0 Å². The fourth-order valence-electron chi connectivity index (χ4n) is 1.82. The van der Waals surface area contributed by atoms with Crippen LogP contribution in [0.15, 0.2) is 24.5 Å². The Morgan fingerprint density at radius 2 is 1.89 bits per heavy atom. The van der Waals surface area contributed by atoms with Crippen LogP contribution in [0.4, 0.5) is 0 Å². The Kier molecular flexibility index (Phi) is 2.86. The maximum absolute atomic E-state index is 11.4. The molecule has 2 aromatic heterocycles. The van der Waals surface area contributed by atoms with Crippen molar-refractivity contribution < 1.29 is 9.90 Å². The van der Waals surface area contributed by atoms with E-state index in [2.05, 4.69) is 15.2 Å². The molecule has 2 rings (SSSR count). The van der Waals surface area contributed by atoms with E-state index in [1.807, 2.05) is 0 Å². The summed E-state index contributed by atoms with van der Waals surface area (Å²) in [6.45, 7) is 4.98. The fourth-order valence-corrected chi connectivity index (χ4v) is 1.82. The van der Waals surface area contributed by atoms with Crippen molar-refractivity contribution in [1.29, 1.82) is 0 Å². The Hall–Kier alpha value is -2.24. The van der Waals surface area contributed by atoms with E-state index >= 15 is 0 Å². The Morgan fingerprint density at radius 3 is 2.44 bits per heavy atom. The number of pyridine rings is 1. The van der Waals surface area contributed by atoms with Gasteiger partial charge in [-0.1, -0.05) is 0 Å². The third-order valence-electron chi connectivity index (χ3n) is 2.85. The van der Waals surface area contributed by atoms with Crippen LogP contribution in [0.1, 0.15) is 19.7 Å². The summed E-state index contributed by atoms with van der Waals surface area (Å²) >= 11 is 0. The molecular weight excluding hydrogens is 232 g/mol. The molecule has 0 saturated carbocycles. The van der Waals surface area contributed by atoms with Crippen molar-refractivity contribution in [2.24, 2.45) is 0 Å². The highest BCUT2D eigenvalue weighted by Gasteiger charge is 2.33. The second kappa shape index (κ2) is 4.21. The monoisotopic (exact) mass is 246 g/mol. The molecule has 0 saturated heterocycles. The minimum atomic E-state index is -1.10. The number of carboxylic acids is 1. The van der Waals surface area contributed by atoms with Crippen molar-refractivity contribution >= 4 is 5.97 Å². The normalized spacial score (nSPS) is 11.5. The molecule has 0 aliphatic rings. The summed E-state index contributed by atoms with van der Waals surface area (Å²) in [5.41, 5.74) is -0.313. The van der Waals surface area contributed by atoms with Gasteiger partial charge >= 0.3 is 5.97 Å². The van der Waals surface area contributed by atoms with Crippen molar-refractivity contribution in [2.45, 2.75) is 26.3 Å². The summed E-state index contributed by atoms with van der Waals surface area (Å²) in [5.74, 6) is 0.164. The number of aromatic nitrogens is 4. The quantitative estimate of drug-likeness (QED) is 0.886. The summed E-state index contributed by atoms with van der Waals surface area (Å²) < 4.78 is 1.62. The molecule has 94 valence electrons. The van der Waals surface area contributed by atoms with Crippen molar-refractivity contribution in [3.8, 4) is 11.4 Å². The molecule has 0 spiro atoms. The van der Waals surface area contributed by atoms with Crippen LogP contribution in [0.3, 0.4) is 0 Å². The third kappa shape index (κ3) is 1.85. The molecule has 1 N–H and O–H groups in total. The SMILES string of the molecule is Cc1nnc(-c2ccncc2)n1C(C)(C)C(=O)O. The summed E-state index contributed by atoms with van der Waals surface area (Å²) in [4.78, 5) is 15.3. The highest BCUT2D eigenvalue weighted by atomic mass is 16.4. The number of carbonyl (C=O) groups is 1. The fraction of sp³-hybridized carbons (Fsp3) is 0.333. The largest absolute Gasteiger partial charge is 0.480 e. The predicted octanol–water partition coefficient (Wildman–Crippen LogP) is 1.47. The van der Waals surface area contributed by atoms with Gasteiger partial charge in [0.25, 0.3) is 0 Å². The van der Waals surface area contributed by atoms with Gasteiger partial charge in [-0.3, -0.25) is 9.55 Å². The lowest BCUT2D eigenvalue weighted by Crippen LogP contribution is -2.37. The average Bonchev–Trinajstić information content (AvgIpc) is 2.72. The molecule has 0 aliphatic carbocycles. The van der Waals surface area contributed by atoms with E-state index in [0.29, 0.717) is 11.6 Å². The van der Waals surface area contributed by atoms with E-state index in [9.17, 15) is 9.90 Å². The Labute approximate surface area is 104 Å². The van der Waals surface area contributed by atoms with E-state index in [0.717, 1.165) is 5.56 Å². The van der Waals surface area contributed by atoms with Crippen molar-refractivity contribution in [3.63, 3.8) is 0 Å². The Morgan fingerprint density at radius 1 is 1.28 bits per heavy atom. The van der Waals surface area contributed by atoms with E-state index < -0.39 is 11.5 Å². The van der Waals surface area contributed by atoms with Gasteiger partial charge in [0.15, 0.2) is 5.82 Å². The lowest BCUT2D eigenvalue weighted by Gasteiger charge is -2.24. The molecule has 0 amide bonds. The van der Waals surface area contributed by atoms with E-state index in [4.69, 9.17) is 0 Å². The van der Waals surface area contributed by atoms with Gasteiger partial charge in [-0.2, -0.15) is 0 Å². The molecule has 0 unspecified atom stereocenters. The lowest BCUT2D eigenvalue weighted by molar-refractivity contribution is -0.145.